The summed E-state index contributed by atoms with van der Waals surface area (Å²) in [4.78, 5) is 21.5. The highest BCUT2D eigenvalue weighted by molar-refractivity contribution is 5.81. The highest BCUT2D eigenvalue weighted by Gasteiger charge is 2.38. The van der Waals surface area contributed by atoms with Crippen molar-refractivity contribution < 1.29 is 14.0 Å². The van der Waals surface area contributed by atoms with Crippen molar-refractivity contribution in [2.24, 2.45) is 5.92 Å². The second-order valence-electron chi connectivity index (χ2n) is 6.58. The van der Waals surface area contributed by atoms with E-state index in [2.05, 4.69) is 22.0 Å². The molecule has 0 radical (unpaired) electrons. The SMILES string of the molecule is COc1cc2ncn(CCc3nc(C4CC4C)no3)c(=O)c2cc1OC. The molecule has 0 saturated heterocycles. The third-order valence-electron chi connectivity index (χ3n) is 4.82. The van der Waals surface area contributed by atoms with Crippen molar-refractivity contribution in [3.05, 3.63) is 40.5 Å². The van der Waals surface area contributed by atoms with Crippen LogP contribution in [-0.2, 0) is 13.0 Å². The van der Waals surface area contributed by atoms with Crippen molar-refractivity contribution in [2.45, 2.75) is 32.2 Å². The van der Waals surface area contributed by atoms with Crippen LogP contribution in [0.5, 0.6) is 11.5 Å². The predicted molar refractivity (Wildman–Crippen MR) is 93.6 cm³/mol. The Morgan fingerprint density at radius 2 is 2.00 bits per heavy atom. The molecule has 2 heterocycles. The number of benzene rings is 1. The van der Waals surface area contributed by atoms with Gasteiger partial charge in [0.05, 0.1) is 31.4 Å². The zero-order valence-electron chi connectivity index (χ0n) is 14.9. The predicted octanol–water partition coefficient (Wildman–Crippen LogP) is 2.16. The monoisotopic (exact) mass is 356 g/mol. The van der Waals surface area contributed by atoms with Crippen LogP contribution < -0.4 is 15.0 Å². The van der Waals surface area contributed by atoms with Crippen LogP contribution in [0.3, 0.4) is 0 Å². The first-order valence-electron chi connectivity index (χ1n) is 8.54. The number of ether oxygens (including phenoxy) is 2. The van der Waals surface area contributed by atoms with Gasteiger partial charge in [-0.15, -0.1) is 0 Å². The molecule has 1 fully saturated rings. The normalized spacial score (nSPS) is 18.9. The largest absolute Gasteiger partial charge is 0.493 e. The van der Waals surface area contributed by atoms with E-state index < -0.39 is 0 Å². The third-order valence-corrected chi connectivity index (χ3v) is 4.82. The van der Waals surface area contributed by atoms with Crippen LogP contribution in [0.2, 0.25) is 0 Å². The summed E-state index contributed by atoms with van der Waals surface area (Å²) in [7, 11) is 3.08. The Balaban J connectivity index is 1.57. The first kappa shape index (κ1) is 16.6. The minimum Gasteiger partial charge on any atom is -0.493 e. The molecule has 2 aromatic heterocycles. The smallest absolute Gasteiger partial charge is 0.261 e. The molecule has 4 rings (SSSR count). The molecule has 0 amide bonds. The minimum absolute atomic E-state index is 0.147. The van der Waals surface area contributed by atoms with Gasteiger partial charge in [-0.3, -0.25) is 9.36 Å². The average Bonchev–Trinajstić information content (AvgIpc) is 3.20. The summed E-state index contributed by atoms with van der Waals surface area (Å²) in [6.45, 7) is 2.59. The summed E-state index contributed by atoms with van der Waals surface area (Å²) in [5, 5.41) is 4.51. The maximum absolute atomic E-state index is 12.7. The van der Waals surface area contributed by atoms with Gasteiger partial charge in [-0.05, 0) is 18.4 Å². The van der Waals surface area contributed by atoms with Crippen molar-refractivity contribution in [2.75, 3.05) is 14.2 Å². The van der Waals surface area contributed by atoms with E-state index in [1.54, 1.807) is 19.2 Å². The molecule has 3 aromatic rings. The van der Waals surface area contributed by atoms with Gasteiger partial charge in [-0.25, -0.2) is 4.98 Å². The third kappa shape index (κ3) is 2.91. The van der Waals surface area contributed by atoms with Crippen molar-refractivity contribution in [3.63, 3.8) is 0 Å². The van der Waals surface area contributed by atoms with Crippen LogP contribution >= 0.6 is 0 Å². The molecule has 0 aliphatic heterocycles. The Morgan fingerprint density at radius 3 is 2.69 bits per heavy atom. The Morgan fingerprint density at radius 1 is 1.27 bits per heavy atom. The van der Waals surface area contributed by atoms with Gasteiger partial charge < -0.3 is 14.0 Å². The van der Waals surface area contributed by atoms with E-state index in [9.17, 15) is 4.79 Å². The van der Waals surface area contributed by atoms with E-state index in [1.165, 1.54) is 18.0 Å². The molecule has 1 aliphatic carbocycles. The number of nitrogens with zero attached hydrogens (tertiary/aromatic N) is 4. The van der Waals surface area contributed by atoms with Gasteiger partial charge in [0.2, 0.25) is 5.89 Å². The van der Waals surface area contributed by atoms with Crippen LogP contribution in [0.15, 0.2) is 27.8 Å². The molecule has 1 aliphatic rings. The fourth-order valence-corrected chi connectivity index (χ4v) is 3.06. The highest BCUT2D eigenvalue weighted by Crippen LogP contribution is 2.45. The molecule has 8 heteroatoms. The van der Waals surface area contributed by atoms with Gasteiger partial charge in [-0.1, -0.05) is 12.1 Å². The average molecular weight is 356 g/mol. The summed E-state index contributed by atoms with van der Waals surface area (Å²) in [6.07, 6.45) is 3.11. The maximum Gasteiger partial charge on any atom is 0.261 e. The Hall–Kier alpha value is -2.90. The van der Waals surface area contributed by atoms with E-state index in [-0.39, 0.29) is 5.56 Å². The molecule has 1 aromatic carbocycles. The molecule has 2 unspecified atom stereocenters. The van der Waals surface area contributed by atoms with Crippen LogP contribution in [-0.4, -0.2) is 33.9 Å². The molecule has 0 N–H and O–H groups in total. The number of rotatable bonds is 6. The van der Waals surface area contributed by atoms with Gasteiger partial charge in [-0.2, -0.15) is 4.98 Å². The number of fused-ring (bicyclic) bond motifs is 1. The molecule has 2 atom stereocenters. The summed E-state index contributed by atoms with van der Waals surface area (Å²) in [5.41, 5.74) is 0.415. The van der Waals surface area contributed by atoms with Gasteiger partial charge in [0.25, 0.3) is 5.56 Å². The highest BCUT2D eigenvalue weighted by atomic mass is 16.5. The van der Waals surface area contributed by atoms with E-state index >= 15 is 0 Å². The van der Waals surface area contributed by atoms with Crippen LogP contribution in [0.1, 0.15) is 31.0 Å². The second-order valence-corrected chi connectivity index (χ2v) is 6.58. The molecular formula is C18H20N4O4. The van der Waals surface area contributed by atoms with Gasteiger partial charge in [0, 0.05) is 24.9 Å². The first-order chi connectivity index (χ1) is 12.6. The fraction of sp³-hybridized carbons (Fsp3) is 0.444. The first-order valence-corrected chi connectivity index (χ1v) is 8.54. The molecule has 8 nitrogen and oxygen atoms in total. The lowest BCUT2D eigenvalue weighted by Gasteiger charge is -2.10. The molecule has 0 spiro atoms. The van der Waals surface area contributed by atoms with Crippen molar-refractivity contribution in [3.8, 4) is 11.5 Å². The molecule has 26 heavy (non-hydrogen) atoms. The summed E-state index contributed by atoms with van der Waals surface area (Å²) >= 11 is 0. The van der Waals surface area contributed by atoms with Crippen LogP contribution in [0.25, 0.3) is 10.9 Å². The van der Waals surface area contributed by atoms with E-state index in [0.717, 1.165) is 12.2 Å². The van der Waals surface area contributed by atoms with Gasteiger partial charge >= 0.3 is 0 Å². The number of aromatic nitrogens is 4. The number of aryl methyl sites for hydroxylation is 2. The maximum atomic E-state index is 12.7. The number of hydrogen-bond acceptors (Lipinski definition) is 7. The molecule has 136 valence electrons. The Labute approximate surface area is 149 Å². The molecule has 1 saturated carbocycles. The van der Waals surface area contributed by atoms with Gasteiger partial charge in [0.15, 0.2) is 17.3 Å². The quantitative estimate of drug-likeness (QED) is 0.668. The molecule has 0 bridgehead atoms. The summed E-state index contributed by atoms with van der Waals surface area (Å²) in [6, 6.07) is 3.35. The number of hydrogen-bond donors (Lipinski definition) is 0. The molecular weight excluding hydrogens is 336 g/mol. The summed E-state index contributed by atoms with van der Waals surface area (Å²) in [5.74, 6) is 3.39. The zero-order chi connectivity index (χ0) is 18.3. The lowest BCUT2D eigenvalue weighted by Crippen LogP contribution is -2.21. The lowest BCUT2D eigenvalue weighted by molar-refractivity contribution is 0.355. The van der Waals surface area contributed by atoms with E-state index in [1.807, 2.05) is 0 Å². The summed E-state index contributed by atoms with van der Waals surface area (Å²) < 4.78 is 17.4. The fourth-order valence-electron chi connectivity index (χ4n) is 3.06. The minimum atomic E-state index is -0.147. The second kappa shape index (κ2) is 6.44. The number of methoxy groups -OCH3 is 2. The van der Waals surface area contributed by atoms with Crippen molar-refractivity contribution in [1.29, 1.82) is 0 Å². The zero-order valence-corrected chi connectivity index (χ0v) is 14.9. The Bertz CT molecular complexity index is 1010. The van der Waals surface area contributed by atoms with E-state index in [4.69, 9.17) is 14.0 Å². The van der Waals surface area contributed by atoms with Crippen LogP contribution in [0.4, 0.5) is 0 Å². The topological polar surface area (TPSA) is 92.3 Å². The van der Waals surface area contributed by atoms with E-state index in [0.29, 0.717) is 53.1 Å². The van der Waals surface area contributed by atoms with Crippen LogP contribution in [0, 0.1) is 5.92 Å². The Kier molecular flexibility index (Phi) is 4.10. The van der Waals surface area contributed by atoms with Gasteiger partial charge in [0.1, 0.15) is 0 Å². The van der Waals surface area contributed by atoms with Crippen molar-refractivity contribution >= 4 is 10.9 Å². The standard InChI is InChI=1S/C18H20N4O4/c1-10-6-11(10)17-20-16(26-21-17)4-5-22-9-19-13-8-15(25-3)14(24-2)7-12(13)18(22)23/h7-11H,4-6H2,1-3H3. The van der Waals surface area contributed by atoms with Crippen molar-refractivity contribution in [1.82, 2.24) is 19.7 Å². The lowest BCUT2D eigenvalue weighted by atomic mass is 10.2.